The number of methoxy groups -OCH3 is 1. The summed E-state index contributed by atoms with van der Waals surface area (Å²) in [5.74, 6) is 0.749. The van der Waals surface area contributed by atoms with Crippen LogP contribution >= 0.6 is 11.6 Å². The number of nitrogens with zero attached hydrogens (tertiary/aromatic N) is 2. The van der Waals surface area contributed by atoms with Gasteiger partial charge in [0.1, 0.15) is 5.75 Å². The monoisotopic (exact) mass is 431 g/mol. The molecule has 0 unspecified atom stereocenters. The van der Waals surface area contributed by atoms with E-state index in [0.29, 0.717) is 28.5 Å². The molecule has 1 aromatic heterocycles. The average Bonchev–Trinajstić information content (AvgIpc) is 3.16. The van der Waals surface area contributed by atoms with Crippen molar-refractivity contribution in [1.82, 2.24) is 9.78 Å². The van der Waals surface area contributed by atoms with Crippen molar-refractivity contribution >= 4 is 17.3 Å². The largest absolute Gasteiger partial charge is 0.497 e. The summed E-state index contributed by atoms with van der Waals surface area (Å²) in [5, 5.41) is 3.92. The molecule has 156 valence electrons. The highest BCUT2D eigenvalue weighted by Crippen LogP contribution is 2.25. The number of H-pyrrole nitrogens is 1. The first-order valence-corrected chi connectivity index (χ1v) is 10.3. The third kappa shape index (κ3) is 4.32. The Morgan fingerprint density at radius 3 is 2.35 bits per heavy atom. The van der Waals surface area contributed by atoms with Crippen LogP contribution in [0.1, 0.15) is 18.1 Å². The number of halogens is 1. The lowest BCUT2D eigenvalue weighted by Gasteiger charge is -2.05. The topological polar surface area (TPSA) is 59.4 Å². The van der Waals surface area contributed by atoms with Crippen LogP contribution in [0.3, 0.4) is 0 Å². The van der Waals surface area contributed by atoms with Gasteiger partial charge in [0.25, 0.3) is 5.56 Å². The summed E-state index contributed by atoms with van der Waals surface area (Å²) in [6, 6.07) is 24.6. The molecule has 5 nitrogen and oxygen atoms in total. The van der Waals surface area contributed by atoms with E-state index in [1.54, 1.807) is 11.8 Å². The number of hydrogen-bond donors (Lipinski definition) is 1. The highest BCUT2D eigenvalue weighted by molar-refractivity contribution is 6.31. The number of aromatic nitrogens is 2. The third-order valence-corrected chi connectivity index (χ3v) is 5.46. The van der Waals surface area contributed by atoms with Crippen molar-refractivity contribution in [3.05, 3.63) is 105 Å². The number of rotatable bonds is 6. The van der Waals surface area contributed by atoms with Gasteiger partial charge in [-0.1, -0.05) is 48.0 Å². The van der Waals surface area contributed by atoms with Crippen molar-refractivity contribution in [2.24, 2.45) is 4.99 Å². The fourth-order valence-electron chi connectivity index (χ4n) is 3.41. The van der Waals surface area contributed by atoms with E-state index >= 15 is 0 Å². The van der Waals surface area contributed by atoms with Crippen molar-refractivity contribution in [2.75, 3.05) is 7.11 Å². The third-order valence-electron chi connectivity index (χ3n) is 5.09. The predicted octanol–water partition coefficient (Wildman–Crippen LogP) is 5.50. The van der Waals surface area contributed by atoms with Gasteiger partial charge in [0, 0.05) is 16.3 Å². The van der Waals surface area contributed by atoms with Crippen LogP contribution in [0.15, 0.2) is 88.6 Å². The van der Waals surface area contributed by atoms with Gasteiger partial charge in [-0.15, -0.1) is 0 Å². The highest BCUT2D eigenvalue weighted by Gasteiger charge is 2.19. The quantitative estimate of drug-likeness (QED) is 0.409. The summed E-state index contributed by atoms with van der Waals surface area (Å²) in [6.07, 6.45) is 0. The normalized spacial score (nSPS) is 11.5. The lowest BCUT2D eigenvalue weighted by Crippen LogP contribution is -2.19. The van der Waals surface area contributed by atoms with E-state index in [0.717, 1.165) is 22.6 Å². The van der Waals surface area contributed by atoms with E-state index in [2.05, 4.69) is 10.1 Å². The molecule has 0 aliphatic rings. The summed E-state index contributed by atoms with van der Waals surface area (Å²) in [5.41, 5.74) is 4.26. The van der Waals surface area contributed by atoms with Crippen LogP contribution in [0, 0.1) is 0 Å². The second-order valence-electron chi connectivity index (χ2n) is 7.06. The van der Waals surface area contributed by atoms with Crippen LogP contribution in [0.4, 0.5) is 0 Å². The Morgan fingerprint density at radius 1 is 1.00 bits per heavy atom. The highest BCUT2D eigenvalue weighted by atomic mass is 35.5. The predicted molar refractivity (Wildman–Crippen MR) is 126 cm³/mol. The minimum Gasteiger partial charge on any atom is -0.497 e. The van der Waals surface area contributed by atoms with Crippen molar-refractivity contribution in [1.29, 1.82) is 0 Å². The molecule has 0 aliphatic carbocycles. The van der Waals surface area contributed by atoms with Gasteiger partial charge < -0.3 is 4.74 Å². The molecule has 4 aromatic rings. The number of aromatic amines is 1. The van der Waals surface area contributed by atoms with Gasteiger partial charge in [0.2, 0.25) is 0 Å². The van der Waals surface area contributed by atoms with E-state index in [1.807, 2.05) is 85.8 Å². The van der Waals surface area contributed by atoms with Crippen LogP contribution < -0.4 is 10.3 Å². The van der Waals surface area contributed by atoms with Gasteiger partial charge in [0.15, 0.2) is 0 Å². The van der Waals surface area contributed by atoms with Crippen LogP contribution in [-0.4, -0.2) is 22.6 Å². The molecule has 0 spiro atoms. The number of ether oxygens (including phenoxy) is 1. The molecule has 0 atom stereocenters. The molecule has 0 bridgehead atoms. The van der Waals surface area contributed by atoms with E-state index in [9.17, 15) is 4.79 Å². The summed E-state index contributed by atoms with van der Waals surface area (Å²) in [4.78, 5) is 18.1. The first-order valence-electron chi connectivity index (χ1n) is 9.88. The molecule has 4 rings (SSSR count). The van der Waals surface area contributed by atoms with Gasteiger partial charge in [-0.25, -0.2) is 4.68 Å². The number of aliphatic imine (C=N–C) groups is 1. The van der Waals surface area contributed by atoms with E-state index in [4.69, 9.17) is 16.3 Å². The zero-order valence-corrected chi connectivity index (χ0v) is 18.1. The zero-order chi connectivity index (χ0) is 21.8. The number of hydrogen-bond acceptors (Lipinski definition) is 3. The zero-order valence-electron chi connectivity index (χ0n) is 17.3. The van der Waals surface area contributed by atoms with Gasteiger partial charge in [-0.2, -0.15) is 0 Å². The van der Waals surface area contributed by atoms with Gasteiger partial charge in [0.05, 0.1) is 30.6 Å². The van der Waals surface area contributed by atoms with Gasteiger partial charge in [-0.05, 0) is 55.0 Å². The maximum absolute atomic E-state index is 13.4. The Hall–Kier alpha value is -3.57. The Balaban J connectivity index is 1.82. The molecule has 0 fully saturated rings. The first-order chi connectivity index (χ1) is 15.1. The maximum atomic E-state index is 13.4. The fraction of sp³-hybridized carbons (Fsp3) is 0.120. The fourth-order valence-corrected chi connectivity index (χ4v) is 3.60. The standard InChI is InChI=1S/C25H22ClN3O2/c1-17(27-16-19-8-6-7-11-22(19)26)23-24(18-12-14-21(31-2)15-13-18)28-29(25(23)30)20-9-4-3-5-10-20/h3-15,28H,16H2,1-2H3. The summed E-state index contributed by atoms with van der Waals surface area (Å²) in [7, 11) is 1.62. The Bertz CT molecular complexity index is 1270. The number of benzene rings is 3. The molecular formula is C25H22ClN3O2. The number of para-hydroxylation sites is 1. The van der Waals surface area contributed by atoms with Crippen LogP contribution in [0.2, 0.25) is 5.02 Å². The molecule has 6 heteroatoms. The number of nitrogens with one attached hydrogen (secondary N) is 1. The second kappa shape index (κ2) is 9.06. The molecule has 3 aromatic carbocycles. The SMILES string of the molecule is COc1ccc(-c2[nH]n(-c3ccccc3)c(=O)c2C(C)=NCc2ccccc2Cl)cc1. The molecule has 1 heterocycles. The van der Waals surface area contributed by atoms with E-state index < -0.39 is 0 Å². The van der Waals surface area contributed by atoms with E-state index in [-0.39, 0.29) is 5.56 Å². The first kappa shape index (κ1) is 20.7. The Kier molecular flexibility index (Phi) is 6.05. The molecule has 0 saturated carbocycles. The summed E-state index contributed by atoms with van der Waals surface area (Å²) >= 11 is 6.27. The van der Waals surface area contributed by atoms with Gasteiger partial charge in [-0.3, -0.25) is 14.9 Å². The van der Waals surface area contributed by atoms with Gasteiger partial charge >= 0.3 is 0 Å². The summed E-state index contributed by atoms with van der Waals surface area (Å²) < 4.78 is 6.81. The second-order valence-corrected chi connectivity index (χ2v) is 7.47. The molecule has 0 amide bonds. The van der Waals surface area contributed by atoms with Crippen molar-refractivity contribution < 1.29 is 4.74 Å². The lowest BCUT2D eigenvalue weighted by atomic mass is 10.0. The summed E-state index contributed by atoms with van der Waals surface area (Å²) in [6.45, 7) is 2.24. The molecule has 31 heavy (non-hydrogen) atoms. The van der Waals surface area contributed by atoms with Crippen molar-refractivity contribution in [3.8, 4) is 22.7 Å². The molecule has 0 radical (unpaired) electrons. The minimum atomic E-state index is -0.155. The van der Waals surface area contributed by atoms with E-state index in [1.165, 1.54) is 0 Å². The molecular weight excluding hydrogens is 410 g/mol. The van der Waals surface area contributed by atoms with Crippen molar-refractivity contribution in [2.45, 2.75) is 13.5 Å². The maximum Gasteiger partial charge on any atom is 0.280 e. The van der Waals surface area contributed by atoms with Crippen molar-refractivity contribution in [3.63, 3.8) is 0 Å². The van der Waals surface area contributed by atoms with Crippen LogP contribution in [-0.2, 0) is 6.54 Å². The Labute approximate surface area is 185 Å². The minimum absolute atomic E-state index is 0.155. The lowest BCUT2D eigenvalue weighted by molar-refractivity contribution is 0.415. The Morgan fingerprint density at radius 2 is 1.68 bits per heavy atom. The molecule has 0 saturated heterocycles. The smallest absolute Gasteiger partial charge is 0.280 e. The van der Waals surface area contributed by atoms with Crippen LogP contribution in [0.5, 0.6) is 5.75 Å². The average molecular weight is 432 g/mol. The molecule has 0 aliphatic heterocycles. The van der Waals surface area contributed by atoms with Crippen LogP contribution in [0.25, 0.3) is 16.9 Å². The molecule has 1 N–H and O–H groups in total.